The Hall–Kier alpha value is -2.11. The first kappa shape index (κ1) is 13.9. The number of nitrogens with zero attached hydrogens (tertiary/aromatic N) is 1. The second kappa shape index (κ2) is 5.35. The fourth-order valence-corrected chi connectivity index (χ4v) is 3.37. The minimum absolute atomic E-state index is 0.387. The van der Waals surface area contributed by atoms with Crippen LogP contribution in [0.3, 0.4) is 0 Å². The minimum Gasteiger partial charge on any atom is -0.276 e. The molecule has 2 aromatic rings. The normalized spacial score (nSPS) is 12.8. The molecule has 104 valence electrons. The first-order valence-corrected chi connectivity index (χ1v) is 7.36. The van der Waals surface area contributed by atoms with E-state index >= 15 is 0 Å². The van der Waals surface area contributed by atoms with E-state index < -0.39 is 0 Å². The Labute approximate surface area is 129 Å². The summed E-state index contributed by atoms with van der Waals surface area (Å²) >= 11 is 5.68. The SMILES string of the molecule is Cc1c(C#N)cccc1-c1ccc(C(=O)Cl)c2c1CCC2. The summed E-state index contributed by atoms with van der Waals surface area (Å²) in [4.78, 5) is 11.5. The van der Waals surface area contributed by atoms with Gasteiger partial charge in [0.05, 0.1) is 11.6 Å². The zero-order valence-corrected chi connectivity index (χ0v) is 12.5. The predicted molar refractivity (Wildman–Crippen MR) is 83.5 cm³/mol. The van der Waals surface area contributed by atoms with Gasteiger partial charge in [-0.2, -0.15) is 5.26 Å². The Morgan fingerprint density at radius 2 is 1.90 bits per heavy atom. The van der Waals surface area contributed by atoms with Crippen molar-refractivity contribution in [1.29, 1.82) is 5.26 Å². The van der Waals surface area contributed by atoms with Crippen LogP contribution in [0.2, 0.25) is 0 Å². The Balaban J connectivity index is 2.24. The van der Waals surface area contributed by atoms with E-state index in [2.05, 4.69) is 6.07 Å². The smallest absolute Gasteiger partial charge is 0.252 e. The third kappa shape index (κ3) is 2.24. The molecule has 0 spiro atoms. The van der Waals surface area contributed by atoms with Crippen LogP contribution in [-0.4, -0.2) is 5.24 Å². The molecule has 0 amide bonds. The fraction of sp³-hybridized carbons (Fsp3) is 0.222. The molecule has 1 aliphatic rings. The molecule has 2 nitrogen and oxygen atoms in total. The van der Waals surface area contributed by atoms with Gasteiger partial charge in [-0.1, -0.05) is 18.2 Å². The number of carbonyl (C=O) groups is 1. The molecule has 0 atom stereocenters. The van der Waals surface area contributed by atoms with E-state index in [-0.39, 0.29) is 5.24 Å². The van der Waals surface area contributed by atoms with Gasteiger partial charge in [-0.3, -0.25) is 4.79 Å². The average molecular weight is 296 g/mol. The van der Waals surface area contributed by atoms with Crippen LogP contribution >= 0.6 is 11.6 Å². The van der Waals surface area contributed by atoms with Gasteiger partial charge in [-0.05, 0) is 77.7 Å². The van der Waals surface area contributed by atoms with Gasteiger partial charge in [0.2, 0.25) is 0 Å². The van der Waals surface area contributed by atoms with Crippen molar-refractivity contribution in [1.82, 2.24) is 0 Å². The molecule has 3 heteroatoms. The highest BCUT2D eigenvalue weighted by molar-refractivity contribution is 6.68. The Morgan fingerprint density at radius 1 is 1.14 bits per heavy atom. The highest BCUT2D eigenvalue weighted by Gasteiger charge is 2.22. The summed E-state index contributed by atoms with van der Waals surface area (Å²) in [6.07, 6.45) is 2.90. The van der Waals surface area contributed by atoms with E-state index in [1.807, 2.05) is 37.3 Å². The predicted octanol–water partition coefficient (Wildman–Crippen LogP) is 4.40. The lowest BCUT2D eigenvalue weighted by molar-refractivity contribution is 0.108. The van der Waals surface area contributed by atoms with Crippen molar-refractivity contribution < 1.29 is 4.79 Å². The van der Waals surface area contributed by atoms with Crippen LogP contribution in [0.25, 0.3) is 11.1 Å². The topological polar surface area (TPSA) is 40.9 Å². The zero-order chi connectivity index (χ0) is 15.0. The van der Waals surface area contributed by atoms with Crippen molar-refractivity contribution >= 4 is 16.8 Å². The molecule has 0 heterocycles. The molecule has 21 heavy (non-hydrogen) atoms. The number of hydrogen-bond donors (Lipinski definition) is 0. The maximum Gasteiger partial charge on any atom is 0.252 e. The molecular formula is C18H14ClNO. The van der Waals surface area contributed by atoms with E-state index in [9.17, 15) is 10.1 Å². The van der Waals surface area contributed by atoms with Gasteiger partial charge in [-0.15, -0.1) is 0 Å². The van der Waals surface area contributed by atoms with E-state index in [0.29, 0.717) is 11.1 Å². The van der Waals surface area contributed by atoms with Gasteiger partial charge in [0.1, 0.15) is 0 Å². The van der Waals surface area contributed by atoms with Crippen molar-refractivity contribution in [3.63, 3.8) is 0 Å². The third-order valence-electron chi connectivity index (χ3n) is 4.24. The van der Waals surface area contributed by atoms with Gasteiger partial charge in [0.15, 0.2) is 0 Å². The van der Waals surface area contributed by atoms with Crippen LogP contribution in [-0.2, 0) is 12.8 Å². The number of rotatable bonds is 2. The summed E-state index contributed by atoms with van der Waals surface area (Å²) in [5.74, 6) is 0. The highest BCUT2D eigenvalue weighted by atomic mass is 35.5. The van der Waals surface area contributed by atoms with Crippen molar-refractivity contribution in [3.05, 3.63) is 58.1 Å². The van der Waals surface area contributed by atoms with E-state index in [1.54, 1.807) is 0 Å². The molecule has 0 aliphatic heterocycles. The first-order valence-electron chi connectivity index (χ1n) is 6.98. The second-order valence-corrected chi connectivity index (χ2v) is 5.68. The molecule has 0 unspecified atom stereocenters. The maximum atomic E-state index is 11.5. The molecular weight excluding hydrogens is 282 g/mol. The minimum atomic E-state index is -0.387. The monoisotopic (exact) mass is 295 g/mol. The third-order valence-corrected chi connectivity index (χ3v) is 4.44. The number of carbonyl (C=O) groups excluding carboxylic acids is 1. The molecule has 0 aromatic heterocycles. The summed E-state index contributed by atoms with van der Waals surface area (Å²) in [5, 5.41) is 8.80. The molecule has 0 bridgehead atoms. The number of fused-ring (bicyclic) bond motifs is 1. The summed E-state index contributed by atoms with van der Waals surface area (Å²) in [6.45, 7) is 1.97. The maximum absolute atomic E-state index is 11.5. The molecule has 0 fully saturated rings. The Kier molecular flexibility index (Phi) is 3.53. The van der Waals surface area contributed by atoms with Gasteiger partial charge >= 0.3 is 0 Å². The average Bonchev–Trinajstić information content (AvgIpc) is 2.96. The number of hydrogen-bond acceptors (Lipinski definition) is 2. The number of halogens is 1. The largest absolute Gasteiger partial charge is 0.276 e. The van der Waals surface area contributed by atoms with E-state index in [0.717, 1.165) is 41.5 Å². The summed E-state index contributed by atoms with van der Waals surface area (Å²) in [7, 11) is 0. The number of benzene rings is 2. The lowest BCUT2D eigenvalue weighted by Crippen LogP contribution is -2.00. The summed E-state index contributed by atoms with van der Waals surface area (Å²) in [6, 6.07) is 11.8. The highest BCUT2D eigenvalue weighted by Crippen LogP contribution is 2.37. The van der Waals surface area contributed by atoms with Crippen LogP contribution < -0.4 is 0 Å². The molecule has 0 radical (unpaired) electrons. The molecule has 2 aromatic carbocycles. The van der Waals surface area contributed by atoms with Crippen LogP contribution in [0.5, 0.6) is 0 Å². The van der Waals surface area contributed by atoms with Crippen LogP contribution in [0.4, 0.5) is 0 Å². The Morgan fingerprint density at radius 3 is 2.62 bits per heavy atom. The number of nitriles is 1. The van der Waals surface area contributed by atoms with Gasteiger partial charge < -0.3 is 0 Å². The lowest BCUT2D eigenvalue weighted by Gasteiger charge is -2.14. The lowest BCUT2D eigenvalue weighted by atomic mass is 9.90. The van der Waals surface area contributed by atoms with E-state index in [4.69, 9.17) is 11.6 Å². The summed E-state index contributed by atoms with van der Waals surface area (Å²) < 4.78 is 0. The molecule has 0 N–H and O–H groups in total. The quantitative estimate of drug-likeness (QED) is 0.770. The standard InChI is InChI=1S/C18H14ClNO/c1-11-12(10-20)4-2-5-13(11)16-8-9-17(18(19)21)15-7-3-6-14(15)16/h2,4-5,8-9H,3,6-7H2,1H3. The van der Waals surface area contributed by atoms with E-state index in [1.165, 1.54) is 5.56 Å². The van der Waals surface area contributed by atoms with Crippen molar-refractivity contribution in [2.75, 3.05) is 0 Å². The van der Waals surface area contributed by atoms with Crippen LogP contribution in [0, 0.1) is 18.3 Å². The molecule has 3 rings (SSSR count). The van der Waals surface area contributed by atoms with Crippen molar-refractivity contribution in [2.45, 2.75) is 26.2 Å². The van der Waals surface area contributed by atoms with Gasteiger partial charge in [0.25, 0.3) is 5.24 Å². The first-order chi connectivity index (χ1) is 10.1. The summed E-state index contributed by atoms with van der Waals surface area (Å²) in [5.41, 5.74) is 6.78. The van der Waals surface area contributed by atoms with Gasteiger partial charge in [0, 0.05) is 5.56 Å². The van der Waals surface area contributed by atoms with Gasteiger partial charge in [-0.25, -0.2) is 0 Å². The molecule has 0 saturated heterocycles. The molecule has 1 aliphatic carbocycles. The molecule has 0 saturated carbocycles. The van der Waals surface area contributed by atoms with Crippen LogP contribution in [0.15, 0.2) is 30.3 Å². The van der Waals surface area contributed by atoms with Crippen molar-refractivity contribution in [2.24, 2.45) is 0 Å². The van der Waals surface area contributed by atoms with Crippen LogP contribution in [0.1, 0.15) is 39.0 Å². The zero-order valence-electron chi connectivity index (χ0n) is 11.7. The van der Waals surface area contributed by atoms with Crippen molar-refractivity contribution in [3.8, 4) is 17.2 Å². The fourth-order valence-electron chi connectivity index (χ4n) is 3.19. The Bertz CT molecular complexity index is 787. The second-order valence-electron chi connectivity index (χ2n) is 5.33.